The number of hydrogen-bond donors (Lipinski definition) is 1. The largest absolute Gasteiger partial charge is 0.349 e. The minimum absolute atomic E-state index is 0.122. The summed E-state index contributed by atoms with van der Waals surface area (Å²) in [6, 6.07) is 13.7. The molecule has 0 saturated carbocycles. The van der Waals surface area contributed by atoms with Gasteiger partial charge < -0.3 is 5.32 Å². The van der Waals surface area contributed by atoms with Crippen molar-refractivity contribution in [3.8, 4) is 0 Å². The van der Waals surface area contributed by atoms with Crippen LogP contribution in [0.2, 0.25) is 0 Å². The number of nitrogens with one attached hydrogen (secondary N) is 1. The highest BCUT2D eigenvalue weighted by Crippen LogP contribution is 2.16. The smallest absolute Gasteiger partial charge is 0.224 e. The Morgan fingerprint density at radius 2 is 1.85 bits per heavy atom. The fraction of sp³-hybridized carbons (Fsp3) is 0.188. The summed E-state index contributed by atoms with van der Waals surface area (Å²) in [4.78, 5) is 11.9. The second kappa shape index (κ2) is 6.66. The lowest BCUT2D eigenvalue weighted by molar-refractivity contribution is -0.121. The van der Waals surface area contributed by atoms with E-state index in [0.29, 0.717) is 5.56 Å². The number of carbonyl (C=O) groups is 1. The van der Waals surface area contributed by atoms with E-state index < -0.39 is 0 Å². The predicted octanol–water partition coefficient (Wildman–Crippen LogP) is 4.01. The Labute approximate surface area is 126 Å². The molecule has 2 nitrogen and oxygen atoms in total. The number of amides is 1. The first-order chi connectivity index (χ1) is 9.56. The van der Waals surface area contributed by atoms with Gasteiger partial charge in [-0.05, 0) is 30.7 Å². The summed E-state index contributed by atoms with van der Waals surface area (Å²) < 4.78 is 14.6. The average Bonchev–Trinajstić information content (AvgIpc) is 2.41. The maximum absolute atomic E-state index is 13.6. The van der Waals surface area contributed by atoms with E-state index in [0.717, 1.165) is 10.0 Å². The van der Waals surface area contributed by atoms with Gasteiger partial charge in [-0.25, -0.2) is 4.39 Å². The standard InChI is InChI=1S/C16H15BrFNO/c1-11(14-4-2-3-5-15(14)18)19-16(20)10-12-6-8-13(17)9-7-12/h2-9,11H,10H2,1H3,(H,19,20). The van der Waals surface area contributed by atoms with Gasteiger partial charge in [0.05, 0.1) is 12.5 Å². The van der Waals surface area contributed by atoms with E-state index in [2.05, 4.69) is 21.2 Å². The van der Waals surface area contributed by atoms with Crippen LogP contribution in [-0.4, -0.2) is 5.91 Å². The highest BCUT2D eigenvalue weighted by molar-refractivity contribution is 9.10. The molecule has 2 rings (SSSR count). The average molecular weight is 336 g/mol. The van der Waals surface area contributed by atoms with E-state index >= 15 is 0 Å². The lowest BCUT2D eigenvalue weighted by atomic mass is 10.1. The molecule has 104 valence electrons. The van der Waals surface area contributed by atoms with Crippen molar-refractivity contribution < 1.29 is 9.18 Å². The number of carbonyl (C=O) groups excluding carboxylic acids is 1. The van der Waals surface area contributed by atoms with Crippen LogP contribution in [0.5, 0.6) is 0 Å². The molecule has 1 unspecified atom stereocenters. The summed E-state index contributed by atoms with van der Waals surface area (Å²) in [7, 11) is 0. The Morgan fingerprint density at radius 1 is 1.20 bits per heavy atom. The maximum Gasteiger partial charge on any atom is 0.224 e. The Hall–Kier alpha value is -1.68. The predicted molar refractivity (Wildman–Crippen MR) is 80.8 cm³/mol. The van der Waals surface area contributed by atoms with Crippen LogP contribution < -0.4 is 5.32 Å². The van der Waals surface area contributed by atoms with Crippen LogP contribution in [0, 0.1) is 5.82 Å². The molecular formula is C16H15BrFNO. The highest BCUT2D eigenvalue weighted by atomic mass is 79.9. The first kappa shape index (κ1) is 14.7. The molecule has 0 radical (unpaired) electrons. The number of halogens is 2. The first-order valence-corrected chi connectivity index (χ1v) is 7.14. The van der Waals surface area contributed by atoms with Crippen molar-refractivity contribution in [2.24, 2.45) is 0 Å². The third-order valence-corrected chi connectivity index (χ3v) is 3.56. The van der Waals surface area contributed by atoms with Gasteiger partial charge in [0.2, 0.25) is 5.91 Å². The van der Waals surface area contributed by atoms with Crippen molar-refractivity contribution in [3.05, 3.63) is 69.9 Å². The number of hydrogen-bond acceptors (Lipinski definition) is 1. The van der Waals surface area contributed by atoms with E-state index in [1.165, 1.54) is 6.07 Å². The normalized spacial score (nSPS) is 11.9. The molecule has 0 aliphatic carbocycles. The second-order valence-electron chi connectivity index (χ2n) is 4.61. The van der Waals surface area contributed by atoms with Crippen LogP contribution >= 0.6 is 15.9 Å². The van der Waals surface area contributed by atoms with E-state index in [1.54, 1.807) is 25.1 Å². The number of benzene rings is 2. The first-order valence-electron chi connectivity index (χ1n) is 6.34. The van der Waals surface area contributed by atoms with Gasteiger partial charge in [-0.1, -0.05) is 46.3 Å². The zero-order chi connectivity index (χ0) is 14.5. The van der Waals surface area contributed by atoms with Crippen LogP contribution in [0.3, 0.4) is 0 Å². The molecule has 0 bridgehead atoms. The van der Waals surface area contributed by atoms with Gasteiger partial charge in [-0.15, -0.1) is 0 Å². The van der Waals surface area contributed by atoms with Crippen LogP contribution in [0.1, 0.15) is 24.1 Å². The van der Waals surface area contributed by atoms with Gasteiger partial charge >= 0.3 is 0 Å². The minimum Gasteiger partial charge on any atom is -0.349 e. The molecule has 2 aromatic carbocycles. The van der Waals surface area contributed by atoms with Crippen LogP contribution in [0.25, 0.3) is 0 Å². The molecule has 4 heteroatoms. The molecule has 0 saturated heterocycles. The number of rotatable bonds is 4. The molecule has 1 atom stereocenters. The van der Waals surface area contributed by atoms with Gasteiger partial charge in [0.15, 0.2) is 0 Å². The third-order valence-electron chi connectivity index (χ3n) is 3.03. The summed E-state index contributed by atoms with van der Waals surface area (Å²) in [5, 5.41) is 2.81. The summed E-state index contributed by atoms with van der Waals surface area (Å²) in [6.07, 6.45) is 0.284. The lowest BCUT2D eigenvalue weighted by Gasteiger charge is -2.15. The Bertz CT molecular complexity index is 598. The quantitative estimate of drug-likeness (QED) is 0.898. The summed E-state index contributed by atoms with van der Waals surface area (Å²) >= 11 is 3.35. The summed E-state index contributed by atoms with van der Waals surface area (Å²) in [5.41, 5.74) is 1.42. The van der Waals surface area contributed by atoms with E-state index in [9.17, 15) is 9.18 Å². The molecular weight excluding hydrogens is 321 g/mol. The molecule has 0 aromatic heterocycles. The van der Waals surface area contributed by atoms with Crippen molar-refractivity contribution in [1.29, 1.82) is 0 Å². The fourth-order valence-electron chi connectivity index (χ4n) is 1.98. The van der Waals surface area contributed by atoms with Crippen LogP contribution in [0.4, 0.5) is 4.39 Å². The fourth-order valence-corrected chi connectivity index (χ4v) is 2.25. The van der Waals surface area contributed by atoms with Crippen molar-refractivity contribution in [2.75, 3.05) is 0 Å². The zero-order valence-electron chi connectivity index (χ0n) is 11.1. The minimum atomic E-state index is -0.348. The Morgan fingerprint density at radius 3 is 2.50 bits per heavy atom. The van der Waals surface area contributed by atoms with Crippen LogP contribution in [0.15, 0.2) is 53.0 Å². The molecule has 20 heavy (non-hydrogen) atoms. The Kier molecular flexibility index (Phi) is 4.90. The molecule has 0 aliphatic rings. The Balaban J connectivity index is 1.98. The molecule has 1 amide bonds. The summed E-state index contributed by atoms with van der Waals surface area (Å²) in [6.45, 7) is 1.78. The van der Waals surface area contributed by atoms with Crippen molar-refractivity contribution in [2.45, 2.75) is 19.4 Å². The van der Waals surface area contributed by atoms with Crippen molar-refractivity contribution in [1.82, 2.24) is 5.32 Å². The molecule has 0 heterocycles. The molecule has 2 aromatic rings. The van der Waals surface area contributed by atoms with Gasteiger partial charge in [0.25, 0.3) is 0 Å². The second-order valence-corrected chi connectivity index (χ2v) is 5.53. The molecule has 1 N–H and O–H groups in total. The van der Waals surface area contributed by atoms with E-state index in [4.69, 9.17) is 0 Å². The SMILES string of the molecule is CC(NC(=O)Cc1ccc(Br)cc1)c1ccccc1F. The van der Waals surface area contributed by atoms with Gasteiger partial charge in [-0.3, -0.25) is 4.79 Å². The maximum atomic E-state index is 13.6. The molecule has 0 spiro atoms. The topological polar surface area (TPSA) is 29.1 Å². The van der Waals surface area contributed by atoms with Crippen LogP contribution in [-0.2, 0) is 11.2 Å². The van der Waals surface area contributed by atoms with Gasteiger partial charge in [0.1, 0.15) is 5.82 Å². The summed E-state index contributed by atoms with van der Waals surface area (Å²) in [5.74, 6) is -0.424. The monoisotopic (exact) mass is 335 g/mol. The van der Waals surface area contributed by atoms with Crippen molar-refractivity contribution >= 4 is 21.8 Å². The molecule has 0 aliphatic heterocycles. The van der Waals surface area contributed by atoms with Crippen molar-refractivity contribution in [3.63, 3.8) is 0 Å². The van der Waals surface area contributed by atoms with E-state index in [1.807, 2.05) is 24.3 Å². The molecule has 0 fully saturated rings. The zero-order valence-corrected chi connectivity index (χ0v) is 12.7. The third kappa shape index (κ3) is 3.90. The highest BCUT2D eigenvalue weighted by Gasteiger charge is 2.13. The van der Waals surface area contributed by atoms with Gasteiger partial charge in [-0.2, -0.15) is 0 Å². The van der Waals surface area contributed by atoms with Gasteiger partial charge in [0, 0.05) is 10.0 Å². The lowest BCUT2D eigenvalue weighted by Crippen LogP contribution is -2.28. The van der Waals surface area contributed by atoms with E-state index in [-0.39, 0.29) is 24.2 Å².